The first-order chi connectivity index (χ1) is 11.8. The van der Waals surface area contributed by atoms with Crippen LogP contribution in [0.15, 0.2) is 60.8 Å². The van der Waals surface area contributed by atoms with E-state index >= 15 is 0 Å². The van der Waals surface area contributed by atoms with Crippen LogP contribution in [0.3, 0.4) is 0 Å². The third kappa shape index (κ3) is 19.4. The van der Waals surface area contributed by atoms with Gasteiger partial charge < -0.3 is 5.11 Å². The predicted octanol–water partition coefficient (Wildman–Crippen LogP) is 6.74. The van der Waals surface area contributed by atoms with Crippen LogP contribution in [0.1, 0.15) is 58.3 Å². The lowest BCUT2D eigenvalue weighted by Crippen LogP contribution is -2.05. The first-order valence-corrected chi connectivity index (χ1v) is 10.5. The lowest BCUT2D eigenvalue weighted by Gasteiger charge is -2.06. The van der Waals surface area contributed by atoms with Crippen molar-refractivity contribution in [3.05, 3.63) is 60.8 Å². The Hall–Kier alpha value is -0.680. The Morgan fingerprint density at radius 2 is 1.29 bits per heavy atom. The van der Waals surface area contributed by atoms with E-state index in [2.05, 4.69) is 79.3 Å². The number of aliphatic hydroxyl groups is 1. The van der Waals surface area contributed by atoms with E-state index in [0.717, 1.165) is 56.0 Å². The highest BCUT2D eigenvalue weighted by atomic mass is 33.1. The molecule has 0 heterocycles. The molecular formula is C20H32O2S2. The number of allylic oxidation sites excluding steroid dienone is 10. The Morgan fingerprint density at radius 3 is 1.75 bits per heavy atom. The van der Waals surface area contributed by atoms with Gasteiger partial charge in [0.1, 0.15) is 0 Å². The molecular weight excluding hydrogens is 336 g/mol. The first-order valence-electron chi connectivity index (χ1n) is 8.71. The van der Waals surface area contributed by atoms with E-state index in [9.17, 15) is 5.11 Å². The summed E-state index contributed by atoms with van der Waals surface area (Å²) in [6, 6.07) is 0. The smallest absolute Gasteiger partial charge is 0.168 e. The van der Waals surface area contributed by atoms with Crippen LogP contribution in [0.5, 0.6) is 0 Å². The lowest BCUT2D eigenvalue weighted by atomic mass is 10.2. The molecule has 0 aromatic heterocycles. The zero-order valence-electron chi connectivity index (χ0n) is 14.7. The molecule has 0 aliphatic carbocycles. The van der Waals surface area contributed by atoms with E-state index in [1.807, 2.05) is 0 Å². The number of hydrogen-bond donors (Lipinski definition) is 2. The molecule has 0 saturated carbocycles. The van der Waals surface area contributed by atoms with Gasteiger partial charge in [0.15, 0.2) is 6.29 Å². The average molecular weight is 369 g/mol. The third-order valence-electron chi connectivity index (χ3n) is 3.13. The Kier molecular flexibility index (Phi) is 19.8. The van der Waals surface area contributed by atoms with E-state index in [0.29, 0.717) is 6.42 Å². The van der Waals surface area contributed by atoms with Gasteiger partial charge in [-0.2, -0.15) is 0 Å². The van der Waals surface area contributed by atoms with Crippen LogP contribution in [0.2, 0.25) is 0 Å². The first kappa shape index (κ1) is 23.3. The zero-order valence-corrected chi connectivity index (χ0v) is 16.4. The van der Waals surface area contributed by atoms with Crippen LogP contribution in [0.4, 0.5) is 0 Å². The Balaban J connectivity index is 3.47. The SMILES string of the molecule is CCC=CCC=CCC=CCC=CCC=CCCCC(O)OSS. The molecule has 2 nitrogen and oxygen atoms in total. The van der Waals surface area contributed by atoms with Gasteiger partial charge in [0.2, 0.25) is 0 Å². The average Bonchev–Trinajstić information content (AvgIpc) is 2.58. The largest absolute Gasteiger partial charge is 0.367 e. The van der Waals surface area contributed by atoms with Crippen molar-refractivity contribution in [1.29, 1.82) is 0 Å². The van der Waals surface area contributed by atoms with Gasteiger partial charge >= 0.3 is 0 Å². The van der Waals surface area contributed by atoms with Gasteiger partial charge in [-0.15, -0.1) is 0 Å². The molecule has 0 fully saturated rings. The molecule has 0 radical (unpaired) electrons. The van der Waals surface area contributed by atoms with Crippen molar-refractivity contribution < 1.29 is 9.29 Å². The van der Waals surface area contributed by atoms with Crippen molar-refractivity contribution in [1.82, 2.24) is 0 Å². The number of thiol groups is 1. The molecule has 24 heavy (non-hydrogen) atoms. The van der Waals surface area contributed by atoms with E-state index in [4.69, 9.17) is 4.18 Å². The number of unbranched alkanes of at least 4 members (excludes halogenated alkanes) is 1. The number of hydrogen-bond acceptors (Lipinski definition) is 4. The quantitative estimate of drug-likeness (QED) is 0.0838. The summed E-state index contributed by atoms with van der Waals surface area (Å²) < 4.78 is 4.86. The van der Waals surface area contributed by atoms with E-state index < -0.39 is 6.29 Å². The fourth-order valence-electron chi connectivity index (χ4n) is 1.88. The molecule has 0 amide bonds. The van der Waals surface area contributed by atoms with E-state index in [1.54, 1.807) is 0 Å². The Morgan fingerprint density at radius 1 is 0.833 bits per heavy atom. The molecule has 0 spiro atoms. The molecule has 0 aromatic rings. The summed E-state index contributed by atoms with van der Waals surface area (Å²) in [4.78, 5) is 0. The van der Waals surface area contributed by atoms with Crippen LogP contribution in [0.25, 0.3) is 0 Å². The minimum atomic E-state index is -0.713. The van der Waals surface area contributed by atoms with Crippen molar-refractivity contribution in [2.45, 2.75) is 64.6 Å². The minimum absolute atomic E-state index is 0.641. The fraction of sp³-hybridized carbons (Fsp3) is 0.500. The minimum Gasteiger partial charge on any atom is -0.367 e. The standard InChI is InChI=1S/C20H32O2S2/c1-2-3-4-5-6-7-8-9-10-11-12-13-14-15-16-17-18-19-20(21)22-24-23/h3-4,6-7,9-10,12-13,15-16,20-21,23H,2,5,8,11,14,17-19H2,1H3. The van der Waals surface area contributed by atoms with Crippen molar-refractivity contribution in [3.8, 4) is 0 Å². The molecule has 0 rings (SSSR count). The van der Waals surface area contributed by atoms with Gasteiger partial charge in [0.25, 0.3) is 0 Å². The molecule has 0 saturated heterocycles. The second-order valence-electron chi connectivity index (χ2n) is 5.26. The van der Waals surface area contributed by atoms with E-state index in [1.165, 1.54) is 0 Å². The maximum Gasteiger partial charge on any atom is 0.168 e. The van der Waals surface area contributed by atoms with Crippen LogP contribution >= 0.6 is 22.7 Å². The topological polar surface area (TPSA) is 29.5 Å². The van der Waals surface area contributed by atoms with Crippen molar-refractivity contribution >= 4 is 22.7 Å². The molecule has 1 N–H and O–H groups in total. The Bertz CT molecular complexity index is 398. The third-order valence-corrected chi connectivity index (χ3v) is 3.70. The summed E-state index contributed by atoms with van der Waals surface area (Å²) in [7, 11) is 0. The highest BCUT2D eigenvalue weighted by molar-refractivity contribution is 8.66. The van der Waals surface area contributed by atoms with E-state index in [-0.39, 0.29) is 0 Å². The van der Waals surface area contributed by atoms with Crippen molar-refractivity contribution in [2.24, 2.45) is 0 Å². The van der Waals surface area contributed by atoms with Crippen LogP contribution < -0.4 is 0 Å². The highest BCUT2D eigenvalue weighted by Gasteiger charge is 2.01. The summed E-state index contributed by atoms with van der Waals surface area (Å²) >= 11 is 4.72. The maximum atomic E-state index is 9.33. The Labute approximate surface area is 157 Å². The molecule has 0 aliphatic rings. The monoisotopic (exact) mass is 368 g/mol. The van der Waals surface area contributed by atoms with Crippen LogP contribution in [0, 0.1) is 0 Å². The molecule has 4 heteroatoms. The molecule has 1 atom stereocenters. The molecule has 0 aromatic carbocycles. The molecule has 0 bridgehead atoms. The maximum absolute atomic E-state index is 9.33. The second-order valence-corrected chi connectivity index (χ2v) is 6.05. The highest BCUT2D eigenvalue weighted by Crippen LogP contribution is 2.13. The van der Waals surface area contributed by atoms with Gasteiger partial charge in [0.05, 0.1) is 11.1 Å². The van der Waals surface area contributed by atoms with Crippen LogP contribution in [-0.2, 0) is 4.18 Å². The summed E-state index contributed by atoms with van der Waals surface area (Å²) in [5.41, 5.74) is 0. The summed E-state index contributed by atoms with van der Waals surface area (Å²) in [5.74, 6) is 0. The molecule has 136 valence electrons. The van der Waals surface area contributed by atoms with Gasteiger partial charge in [-0.1, -0.05) is 79.3 Å². The van der Waals surface area contributed by atoms with Gasteiger partial charge in [-0.3, -0.25) is 4.18 Å². The van der Waals surface area contributed by atoms with Gasteiger partial charge in [-0.05, 0) is 51.4 Å². The summed E-state index contributed by atoms with van der Waals surface area (Å²) in [5, 5.41) is 9.33. The summed E-state index contributed by atoms with van der Waals surface area (Å²) in [6.07, 6.45) is 28.8. The number of aliphatic hydroxyl groups excluding tert-OH is 1. The van der Waals surface area contributed by atoms with Crippen molar-refractivity contribution in [3.63, 3.8) is 0 Å². The predicted molar refractivity (Wildman–Crippen MR) is 112 cm³/mol. The molecule has 1 unspecified atom stereocenters. The van der Waals surface area contributed by atoms with Gasteiger partial charge in [0, 0.05) is 0 Å². The number of rotatable bonds is 15. The normalized spacial score (nSPS) is 14.3. The molecule has 0 aliphatic heterocycles. The second kappa shape index (κ2) is 20.4. The van der Waals surface area contributed by atoms with Crippen molar-refractivity contribution in [2.75, 3.05) is 0 Å². The summed E-state index contributed by atoms with van der Waals surface area (Å²) in [6.45, 7) is 2.15. The van der Waals surface area contributed by atoms with Gasteiger partial charge in [-0.25, -0.2) is 0 Å². The zero-order chi connectivity index (χ0) is 17.7. The lowest BCUT2D eigenvalue weighted by molar-refractivity contribution is -0.00678. The fourth-order valence-corrected chi connectivity index (χ4v) is 2.37. The van der Waals surface area contributed by atoms with Crippen LogP contribution in [-0.4, -0.2) is 11.4 Å².